The van der Waals surface area contributed by atoms with Crippen molar-refractivity contribution in [1.29, 1.82) is 0 Å². The fraction of sp³-hybridized carbons (Fsp3) is 0.429. The second kappa shape index (κ2) is 5.67. The van der Waals surface area contributed by atoms with Gasteiger partial charge < -0.3 is 16.0 Å². The summed E-state index contributed by atoms with van der Waals surface area (Å²) in [4.78, 5) is 25.1. The Bertz CT molecular complexity index is 592. The van der Waals surface area contributed by atoms with E-state index in [2.05, 4.69) is 5.32 Å². The summed E-state index contributed by atoms with van der Waals surface area (Å²) in [6, 6.07) is 0.122. The molecule has 114 valence electrons. The molecule has 5 nitrogen and oxygen atoms in total. The van der Waals surface area contributed by atoms with Crippen molar-refractivity contribution in [2.45, 2.75) is 32.9 Å². The number of rotatable bonds is 2. The van der Waals surface area contributed by atoms with Gasteiger partial charge in [0.05, 0.1) is 12.2 Å². The number of urea groups is 1. The van der Waals surface area contributed by atoms with E-state index in [1.165, 1.54) is 0 Å². The summed E-state index contributed by atoms with van der Waals surface area (Å²) in [5.41, 5.74) is 5.42. The molecule has 0 saturated heterocycles. The van der Waals surface area contributed by atoms with Crippen LogP contribution in [0.3, 0.4) is 0 Å². The van der Waals surface area contributed by atoms with Crippen molar-refractivity contribution in [3.8, 4) is 0 Å². The van der Waals surface area contributed by atoms with Crippen molar-refractivity contribution in [2.75, 3.05) is 5.32 Å². The van der Waals surface area contributed by atoms with Gasteiger partial charge in [-0.2, -0.15) is 0 Å². The first-order valence-corrected chi connectivity index (χ1v) is 6.70. The van der Waals surface area contributed by atoms with Crippen molar-refractivity contribution in [1.82, 2.24) is 4.90 Å². The maximum atomic E-state index is 13.9. The molecule has 0 bridgehead atoms. The van der Waals surface area contributed by atoms with Gasteiger partial charge in [0.25, 0.3) is 0 Å². The highest BCUT2D eigenvalue weighted by molar-refractivity contribution is 5.98. The van der Waals surface area contributed by atoms with Crippen LogP contribution >= 0.6 is 0 Å². The van der Waals surface area contributed by atoms with Crippen molar-refractivity contribution in [2.24, 2.45) is 11.7 Å². The van der Waals surface area contributed by atoms with Gasteiger partial charge >= 0.3 is 6.03 Å². The number of nitrogens with two attached hydrogens (primary N) is 1. The molecule has 2 atom stereocenters. The molecule has 1 aliphatic rings. The van der Waals surface area contributed by atoms with E-state index < -0.39 is 29.6 Å². The van der Waals surface area contributed by atoms with Gasteiger partial charge in [-0.25, -0.2) is 13.6 Å². The third kappa shape index (κ3) is 2.81. The van der Waals surface area contributed by atoms with Crippen LogP contribution < -0.4 is 11.1 Å². The normalized spacial score (nSPS) is 19.5. The predicted molar refractivity (Wildman–Crippen MR) is 73.4 cm³/mol. The molecule has 1 aromatic carbocycles. The summed E-state index contributed by atoms with van der Waals surface area (Å²) >= 11 is 0. The van der Waals surface area contributed by atoms with E-state index in [0.29, 0.717) is 12.5 Å². The molecule has 0 fully saturated rings. The zero-order chi connectivity index (χ0) is 15.7. The van der Waals surface area contributed by atoms with Gasteiger partial charge in [-0.1, -0.05) is 20.3 Å². The molecule has 0 aliphatic carbocycles. The number of hydrogen-bond donors (Lipinski definition) is 2. The summed E-state index contributed by atoms with van der Waals surface area (Å²) in [5.74, 6) is -2.27. The van der Waals surface area contributed by atoms with Gasteiger partial charge in [-0.3, -0.25) is 4.79 Å². The Labute approximate surface area is 121 Å². The second-order valence-corrected chi connectivity index (χ2v) is 5.20. The zero-order valence-corrected chi connectivity index (χ0v) is 11.8. The number of fused-ring (bicyclic) bond motifs is 1. The van der Waals surface area contributed by atoms with Crippen LogP contribution in [0.5, 0.6) is 0 Å². The van der Waals surface area contributed by atoms with Crippen LogP contribution in [-0.4, -0.2) is 22.9 Å². The minimum Gasteiger partial charge on any atom is -0.351 e. The Morgan fingerprint density at radius 2 is 2.19 bits per heavy atom. The largest absolute Gasteiger partial charge is 0.351 e. The average molecular weight is 297 g/mol. The van der Waals surface area contributed by atoms with E-state index in [1.54, 1.807) is 6.92 Å². The molecule has 0 saturated carbocycles. The Hall–Kier alpha value is -2.18. The summed E-state index contributed by atoms with van der Waals surface area (Å²) in [7, 11) is 0. The van der Waals surface area contributed by atoms with Gasteiger partial charge in [0.1, 0.15) is 17.7 Å². The second-order valence-electron chi connectivity index (χ2n) is 5.20. The van der Waals surface area contributed by atoms with Gasteiger partial charge in [0, 0.05) is 11.6 Å². The average Bonchev–Trinajstić information content (AvgIpc) is 2.54. The van der Waals surface area contributed by atoms with Crippen LogP contribution in [-0.2, 0) is 11.3 Å². The fourth-order valence-electron chi connectivity index (χ4n) is 2.50. The summed E-state index contributed by atoms with van der Waals surface area (Å²) < 4.78 is 27.2. The smallest absolute Gasteiger partial charge is 0.315 e. The van der Waals surface area contributed by atoms with Gasteiger partial charge in [-0.05, 0) is 12.0 Å². The highest BCUT2D eigenvalue weighted by Crippen LogP contribution is 2.29. The maximum absolute atomic E-state index is 13.9. The van der Waals surface area contributed by atoms with Gasteiger partial charge in [0.2, 0.25) is 5.91 Å². The molecule has 3 N–H and O–H groups in total. The van der Waals surface area contributed by atoms with E-state index >= 15 is 0 Å². The Morgan fingerprint density at radius 3 is 2.76 bits per heavy atom. The number of benzene rings is 1. The fourth-order valence-corrected chi connectivity index (χ4v) is 2.50. The predicted octanol–water partition coefficient (Wildman–Crippen LogP) is 2.21. The molecule has 0 aromatic heterocycles. The molecule has 3 amide bonds. The number of nitrogens with zero attached hydrogens (tertiary/aromatic N) is 1. The molecule has 7 heteroatoms. The van der Waals surface area contributed by atoms with Crippen molar-refractivity contribution in [3.05, 3.63) is 29.3 Å². The van der Waals surface area contributed by atoms with E-state index in [0.717, 1.165) is 11.0 Å². The van der Waals surface area contributed by atoms with Crippen LogP contribution in [0.15, 0.2) is 12.1 Å². The van der Waals surface area contributed by atoms with Crippen LogP contribution in [0.2, 0.25) is 0 Å². The monoisotopic (exact) mass is 297 g/mol. The molecule has 2 rings (SSSR count). The first-order chi connectivity index (χ1) is 9.85. The third-order valence-corrected chi connectivity index (χ3v) is 3.82. The van der Waals surface area contributed by atoms with Crippen LogP contribution in [0, 0.1) is 17.6 Å². The lowest BCUT2D eigenvalue weighted by Gasteiger charge is -2.30. The number of anilines is 1. The standard InChI is InChI=1S/C14H17F2N3O2/c1-3-7(2)12-13(20)18-11-5-8(15)4-10(16)9(11)6-19(12)14(17)21/h4-5,7,12H,3,6H2,1-2H3,(H2,17,21)(H,18,20)/t7-,12-/m0/s1. The minimum atomic E-state index is -0.818. The van der Waals surface area contributed by atoms with E-state index in [-0.39, 0.29) is 23.7 Å². The SMILES string of the molecule is CC[C@H](C)[C@H]1C(=O)Nc2cc(F)cc(F)c2CN1C(N)=O. The number of nitrogens with one attached hydrogen (secondary N) is 1. The van der Waals surface area contributed by atoms with Crippen LogP contribution in [0.1, 0.15) is 25.8 Å². The molecule has 1 aliphatic heterocycles. The van der Waals surface area contributed by atoms with Crippen LogP contribution in [0.25, 0.3) is 0 Å². The van der Waals surface area contributed by atoms with Gasteiger partial charge in [0.15, 0.2) is 0 Å². The molecule has 0 spiro atoms. The lowest BCUT2D eigenvalue weighted by Crippen LogP contribution is -2.50. The number of carbonyl (C=O) groups is 2. The first kappa shape index (κ1) is 15.2. The van der Waals surface area contributed by atoms with Crippen LogP contribution in [0.4, 0.5) is 19.3 Å². The lowest BCUT2D eigenvalue weighted by molar-refractivity contribution is -0.121. The zero-order valence-electron chi connectivity index (χ0n) is 11.8. The Morgan fingerprint density at radius 1 is 1.52 bits per heavy atom. The quantitative estimate of drug-likeness (QED) is 0.878. The van der Waals surface area contributed by atoms with Crippen molar-refractivity contribution >= 4 is 17.6 Å². The Balaban J connectivity index is 2.52. The molecule has 21 heavy (non-hydrogen) atoms. The molecular weight excluding hydrogens is 280 g/mol. The van der Waals surface area contributed by atoms with E-state index in [1.807, 2.05) is 6.92 Å². The first-order valence-electron chi connectivity index (χ1n) is 6.70. The minimum absolute atomic E-state index is 0.0366. The molecule has 0 radical (unpaired) electrons. The third-order valence-electron chi connectivity index (χ3n) is 3.82. The number of amides is 3. The van der Waals surface area contributed by atoms with Crippen molar-refractivity contribution < 1.29 is 18.4 Å². The topological polar surface area (TPSA) is 75.4 Å². The molecule has 1 heterocycles. The maximum Gasteiger partial charge on any atom is 0.315 e. The highest BCUT2D eigenvalue weighted by atomic mass is 19.1. The summed E-state index contributed by atoms with van der Waals surface area (Å²) in [6.45, 7) is 3.49. The Kier molecular flexibility index (Phi) is 4.11. The number of halogens is 2. The molecule has 1 aromatic rings. The summed E-state index contributed by atoms with van der Waals surface area (Å²) in [6.07, 6.45) is 0.634. The number of primary amides is 1. The van der Waals surface area contributed by atoms with Gasteiger partial charge in [-0.15, -0.1) is 0 Å². The molecule has 0 unspecified atom stereocenters. The van der Waals surface area contributed by atoms with Crippen molar-refractivity contribution in [3.63, 3.8) is 0 Å². The molecular formula is C14H17F2N3O2. The highest BCUT2D eigenvalue weighted by Gasteiger charge is 2.36. The van der Waals surface area contributed by atoms with E-state index in [9.17, 15) is 18.4 Å². The summed E-state index contributed by atoms with van der Waals surface area (Å²) in [5, 5.41) is 2.49. The number of hydrogen-bond acceptors (Lipinski definition) is 2. The van der Waals surface area contributed by atoms with E-state index in [4.69, 9.17) is 5.73 Å². The lowest BCUT2D eigenvalue weighted by atomic mass is 9.97. The number of carbonyl (C=O) groups excluding carboxylic acids is 2.